The van der Waals surface area contributed by atoms with Crippen molar-refractivity contribution in [2.75, 3.05) is 32.1 Å². The predicted octanol–water partition coefficient (Wildman–Crippen LogP) is 4.45. The van der Waals surface area contributed by atoms with Gasteiger partial charge in [0.2, 0.25) is 0 Å². The lowest BCUT2D eigenvalue weighted by Crippen LogP contribution is -2.44. The summed E-state index contributed by atoms with van der Waals surface area (Å²) in [7, 11) is 1.68. The molecule has 1 amide bonds. The molecule has 0 saturated carbocycles. The minimum Gasteiger partial charge on any atom is -0.497 e. The van der Waals surface area contributed by atoms with Crippen molar-refractivity contribution in [2.45, 2.75) is 52.1 Å². The molecule has 3 rings (SSSR count). The smallest absolute Gasteiger partial charge is 0.253 e. The molecule has 2 aromatic rings. The van der Waals surface area contributed by atoms with Crippen LogP contribution in [0.1, 0.15) is 47.8 Å². The number of piperidine rings is 1. The number of hydrogen-bond donors (Lipinski definition) is 2. The average molecular weight is 445 g/mol. The normalized spacial score (nSPS) is 16.0. The van der Waals surface area contributed by atoms with Crippen LogP contribution in [0.5, 0.6) is 5.75 Å². The van der Waals surface area contributed by atoms with Gasteiger partial charge in [0.25, 0.3) is 5.91 Å². The molecule has 0 unspecified atom stereocenters. The van der Waals surface area contributed by atoms with Crippen LogP contribution in [-0.4, -0.2) is 54.6 Å². The molecule has 2 heterocycles. The molecule has 0 spiro atoms. The largest absolute Gasteiger partial charge is 0.497 e. The molecule has 1 aliphatic rings. The summed E-state index contributed by atoms with van der Waals surface area (Å²) >= 11 is 5.97. The first-order valence-corrected chi connectivity index (χ1v) is 11.3. The van der Waals surface area contributed by atoms with Crippen LogP contribution in [0.25, 0.3) is 0 Å². The maximum absolute atomic E-state index is 12.6. The van der Waals surface area contributed by atoms with E-state index in [1.54, 1.807) is 13.2 Å². The second kappa shape index (κ2) is 10.8. The van der Waals surface area contributed by atoms with E-state index in [9.17, 15) is 4.79 Å². The van der Waals surface area contributed by atoms with Crippen molar-refractivity contribution in [1.82, 2.24) is 15.2 Å². The van der Waals surface area contributed by atoms with Crippen LogP contribution in [-0.2, 0) is 0 Å². The zero-order valence-corrected chi connectivity index (χ0v) is 19.6. The number of carbonyl (C=O) groups excluding carboxylic acids is 1. The highest BCUT2D eigenvalue weighted by atomic mass is 35.5. The van der Waals surface area contributed by atoms with Crippen molar-refractivity contribution in [2.24, 2.45) is 0 Å². The maximum atomic E-state index is 12.6. The number of aromatic nitrogens is 1. The Balaban J connectivity index is 1.41. The Hall–Kier alpha value is -2.31. The van der Waals surface area contributed by atoms with Gasteiger partial charge in [-0.05, 0) is 75.9 Å². The molecule has 1 atom stereocenters. The summed E-state index contributed by atoms with van der Waals surface area (Å²) in [4.78, 5) is 19.3. The quantitative estimate of drug-likeness (QED) is 0.589. The molecular formula is C24H33ClN4O2. The highest BCUT2D eigenvalue weighted by molar-refractivity contribution is 6.29. The first-order chi connectivity index (χ1) is 14.9. The SMILES string of the molecule is COc1ccc(NC2CCN([C@H](C)CCNC(=O)c3c(C)cc(Cl)nc3C)CC2)cc1. The Kier molecular flexibility index (Phi) is 8.15. The molecule has 0 bridgehead atoms. The topological polar surface area (TPSA) is 66.5 Å². The summed E-state index contributed by atoms with van der Waals surface area (Å²) in [5.74, 6) is 0.799. The van der Waals surface area contributed by atoms with Gasteiger partial charge in [0.15, 0.2) is 0 Å². The van der Waals surface area contributed by atoms with Gasteiger partial charge in [-0.25, -0.2) is 4.98 Å². The molecule has 1 aromatic heterocycles. The minimum absolute atomic E-state index is 0.0752. The predicted molar refractivity (Wildman–Crippen MR) is 126 cm³/mol. The number of rotatable bonds is 8. The van der Waals surface area contributed by atoms with Crippen molar-refractivity contribution in [3.05, 3.63) is 52.3 Å². The number of halogens is 1. The van der Waals surface area contributed by atoms with Crippen LogP contribution < -0.4 is 15.4 Å². The monoisotopic (exact) mass is 444 g/mol. The van der Waals surface area contributed by atoms with Crippen LogP contribution >= 0.6 is 11.6 Å². The fourth-order valence-corrected chi connectivity index (χ4v) is 4.49. The molecule has 1 saturated heterocycles. The van der Waals surface area contributed by atoms with Crippen molar-refractivity contribution in [1.29, 1.82) is 0 Å². The van der Waals surface area contributed by atoms with E-state index >= 15 is 0 Å². The summed E-state index contributed by atoms with van der Waals surface area (Å²) in [5, 5.41) is 7.10. The van der Waals surface area contributed by atoms with Gasteiger partial charge in [-0.2, -0.15) is 0 Å². The molecule has 1 aliphatic heterocycles. The third-order valence-corrected chi connectivity index (χ3v) is 6.25. The Morgan fingerprint density at radius 3 is 2.55 bits per heavy atom. The van der Waals surface area contributed by atoms with Crippen molar-refractivity contribution in [3.8, 4) is 5.75 Å². The molecule has 31 heavy (non-hydrogen) atoms. The van der Waals surface area contributed by atoms with E-state index in [0.717, 1.165) is 49.4 Å². The Labute approximate surface area is 190 Å². The number of likely N-dealkylation sites (tertiary alicyclic amines) is 1. The number of anilines is 1. The lowest BCUT2D eigenvalue weighted by molar-refractivity contribution is 0.0944. The number of amides is 1. The van der Waals surface area contributed by atoms with Crippen LogP contribution in [0.4, 0.5) is 5.69 Å². The van der Waals surface area contributed by atoms with E-state index in [1.165, 1.54) is 0 Å². The van der Waals surface area contributed by atoms with Crippen molar-refractivity contribution >= 4 is 23.2 Å². The molecule has 6 nitrogen and oxygen atoms in total. The van der Waals surface area contributed by atoms with Crippen LogP contribution in [0, 0.1) is 13.8 Å². The first-order valence-electron chi connectivity index (χ1n) is 10.9. The zero-order chi connectivity index (χ0) is 22.4. The van der Waals surface area contributed by atoms with E-state index in [2.05, 4.69) is 39.6 Å². The highest BCUT2D eigenvalue weighted by Gasteiger charge is 2.23. The average Bonchev–Trinajstić information content (AvgIpc) is 2.74. The number of methoxy groups -OCH3 is 1. The lowest BCUT2D eigenvalue weighted by Gasteiger charge is -2.36. The first kappa shape index (κ1) is 23.4. The molecular weight excluding hydrogens is 412 g/mol. The van der Waals surface area contributed by atoms with Crippen molar-refractivity contribution < 1.29 is 9.53 Å². The van der Waals surface area contributed by atoms with Gasteiger partial charge in [0.05, 0.1) is 18.4 Å². The van der Waals surface area contributed by atoms with E-state index in [4.69, 9.17) is 16.3 Å². The van der Waals surface area contributed by atoms with E-state index in [0.29, 0.717) is 35.0 Å². The summed E-state index contributed by atoms with van der Waals surface area (Å²) < 4.78 is 5.22. The highest BCUT2D eigenvalue weighted by Crippen LogP contribution is 2.21. The van der Waals surface area contributed by atoms with Gasteiger partial charge in [0.1, 0.15) is 10.9 Å². The van der Waals surface area contributed by atoms with Gasteiger partial charge in [0, 0.05) is 37.4 Å². The van der Waals surface area contributed by atoms with E-state index in [1.807, 2.05) is 26.0 Å². The molecule has 0 radical (unpaired) electrons. The summed E-state index contributed by atoms with van der Waals surface area (Å²) in [5.41, 5.74) is 3.29. The van der Waals surface area contributed by atoms with E-state index < -0.39 is 0 Å². The molecule has 1 aromatic carbocycles. The van der Waals surface area contributed by atoms with Gasteiger partial charge < -0.3 is 20.3 Å². The number of nitrogens with one attached hydrogen (secondary N) is 2. The van der Waals surface area contributed by atoms with E-state index in [-0.39, 0.29) is 5.91 Å². The molecule has 2 N–H and O–H groups in total. The summed E-state index contributed by atoms with van der Waals surface area (Å²) in [6.45, 7) is 8.71. The van der Waals surface area contributed by atoms with Crippen LogP contribution in [0.15, 0.2) is 30.3 Å². The van der Waals surface area contributed by atoms with Crippen LogP contribution in [0.3, 0.4) is 0 Å². The number of aryl methyl sites for hydroxylation is 2. The third-order valence-electron chi connectivity index (χ3n) is 6.05. The number of carbonyl (C=O) groups is 1. The third kappa shape index (κ3) is 6.34. The Bertz CT molecular complexity index is 857. The fraction of sp³-hybridized carbons (Fsp3) is 0.500. The molecule has 7 heteroatoms. The minimum atomic E-state index is -0.0752. The number of pyridine rings is 1. The van der Waals surface area contributed by atoms with Crippen LogP contribution in [0.2, 0.25) is 5.15 Å². The second-order valence-electron chi connectivity index (χ2n) is 8.30. The summed E-state index contributed by atoms with van der Waals surface area (Å²) in [6.07, 6.45) is 3.14. The zero-order valence-electron chi connectivity index (χ0n) is 18.9. The number of nitrogens with zero attached hydrogens (tertiary/aromatic N) is 2. The molecule has 0 aliphatic carbocycles. The second-order valence-corrected chi connectivity index (χ2v) is 8.69. The number of ether oxygens (including phenoxy) is 1. The number of hydrogen-bond acceptors (Lipinski definition) is 5. The molecule has 1 fully saturated rings. The number of benzene rings is 1. The van der Waals surface area contributed by atoms with Gasteiger partial charge in [-0.3, -0.25) is 4.79 Å². The Morgan fingerprint density at radius 1 is 1.26 bits per heavy atom. The standard InChI is InChI=1S/C24H33ClN4O2/c1-16-15-22(25)27-18(3)23(16)24(30)26-12-9-17(2)29-13-10-20(11-14-29)28-19-5-7-21(31-4)8-6-19/h5-8,15,17,20,28H,9-14H2,1-4H3,(H,26,30)/t17-/m1/s1. The Morgan fingerprint density at radius 2 is 1.94 bits per heavy atom. The van der Waals surface area contributed by atoms with Crippen molar-refractivity contribution in [3.63, 3.8) is 0 Å². The summed E-state index contributed by atoms with van der Waals surface area (Å²) in [6, 6.07) is 10.7. The van der Waals surface area contributed by atoms with Gasteiger partial charge >= 0.3 is 0 Å². The van der Waals surface area contributed by atoms with Gasteiger partial charge in [-0.15, -0.1) is 0 Å². The lowest BCUT2D eigenvalue weighted by atomic mass is 10.0. The maximum Gasteiger partial charge on any atom is 0.253 e. The van der Waals surface area contributed by atoms with Gasteiger partial charge in [-0.1, -0.05) is 11.6 Å². The molecule has 168 valence electrons. The fourth-order valence-electron chi connectivity index (χ4n) is 4.20.